The van der Waals surface area contributed by atoms with E-state index in [1.807, 2.05) is 36.4 Å². The Hall–Kier alpha value is -3.49. The van der Waals surface area contributed by atoms with Gasteiger partial charge in [-0.15, -0.1) is 11.3 Å². The maximum Gasteiger partial charge on any atom is 0.430 e. The standard InChI is InChI=1S/C23H14ClF6NOS.C9H11NO2S/c24-18-7-2-1-4-13(18)10-16-11-14-5-3-6-17(20(14)33-16)19-12-15(8-9-31-19)21(32,22(25,26)27)23(28,29)30;10-13-7-2-3-8-9(6-7)12-5-1-4-11-8/h1-9,11-12,32H,10H2;2-3,6H,1,4-5,10H2. The highest BCUT2D eigenvalue weighted by atomic mass is 35.5. The lowest BCUT2D eigenvalue weighted by atomic mass is 9.91. The second-order valence-electron chi connectivity index (χ2n) is 10.1. The number of rotatable bonds is 5. The van der Waals surface area contributed by atoms with Crippen LogP contribution in [0, 0.1) is 0 Å². The third-order valence-corrected chi connectivity index (χ3v) is 9.13. The van der Waals surface area contributed by atoms with Gasteiger partial charge in [0.15, 0.2) is 11.5 Å². The molecule has 0 atom stereocenters. The number of alkyl halides is 6. The Morgan fingerprint density at radius 1 is 0.870 bits per heavy atom. The molecule has 0 spiro atoms. The van der Waals surface area contributed by atoms with Gasteiger partial charge in [0.05, 0.1) is 18.9 Å². The molecule has 0 amide bonds. The monoisotopic (exact) mass is 698 g/mol. The molecule has 0 bridgehead atoms. The topological polar surface area (TPSA) is 77.6 Å². The van der Waals surface area contributed by atoms with Crippen molar-refractivity contribution in [1.29, 1.82) is 0 Å². The van der Waals surface area contributed by atoms with Gasteiger partial charge >= 0.3 is 12.4 Å². The van der Waals surface area contributed by atoms with Crippen LogP contribution in [-0.2, 0) is 12.0 Å². The Morgan fingerprint density at radius 2 is 1.59 bits per heavy atom. The Bertz CT molecular complexity index is 1820. The van der Waals surface area contributed by atoms with Crippen LogP contribution in [0.1, 0.15) is 22.4 Å². The highest BCUT2D eigenvalue weighted by molar-refractivity contribution is 7.97. The van der Waals surface area contributed by atoms with Gasteiger partial charge in [0.25, 0.3) is 5.60 Å². The first-order valence-electron chi connectivity index (χ1n) is 13.7. The summed E-state index contributed by atoms with van der Waals surface area (Å²) in [5.74, 6) is 1.61. The van der Waals surface area contributed by atoms with E-state index in [4.69, 9.17) is 26.2 Å². The fraction of sp³-hybridized carbons (Fsp3) is 0.219. The van der Waals surface area contributed by atoms with E-state index in [0.717, 1.165) is 51.4 Å². The average molecular weight is 699 g/mol. The predicted molar refractivity (Wildman–Crippen MR) is 167 cm³/mol. The predicted octanol–water partition coefficient (Wildman–Crippen LogP) is 9.33. The quantitative estimate of drug-likeness (QED) is 0.141. The number of nitrogens with zero attached hydrogens (tertiary/aromatic N) is 1. The molecule has 0 saturated carbocycles. The van der Waals surface area contributed by atoms with E-state index < -0.39 is 23.5 Å². The van der Waals surface area contributed by atoms with E-state index in [9.17, 15) is 31.4 Å². The van der Waals surface area contributed by atoms with Crippen molar-refractivity contribution >= 4 is 45.0 Å². The van der Waals surface area contributed by atoms with Crippen LogP contribution in [0.25, 0.3) is 21.3 Å². The maximum atomic E-state index is 13.3. The summed E-state index contributed by atoms with van der Waals surface area (Å²) in [4.78, 5) is 5.88. The molecule has 1 aliphatic heterocycles. The lowest BCUT2D eigenvalue weighted by Crippen LogP contribution is -2.53. The van der Waals surface area contributed by atoms with Crippen LogP contribution in [0.4, 0.5) is 26.3 Å². The van der Waals surface area contributed by atoms with Gasteiger partial charge in [0.2, 0.25) is 0 Å². The first-order valence-corrected chi connectivity index (χ1v) is 15.7. The molecule has 6 rings (SSSR count). The highest BCUT2D eigenvalue weighted by Gasteiger charge is 2.71. The summed E-state index contributed by atoms with van der Waals surface area (Å²) < 4.78 is 91.5. The van der Waals surface area contributed by atoms with Crippen molar-refractivity contribution in [2.75, 3.05) is 13.2 Å². The fourth-order valence-corrected chi connectivity index (χ4v) is 6.47. The minimum absolute atomic E-state index is 0.115. The zero-order chi connectivity index (χ0) is 33.1. The van der Waals surface area contributed by atoms with Gasteiger partial charge in [-0.1, -0.05) is 48.0 Å². The molecule has 0 fully saturated rings. The van der Waals surface area contributed by atoms with Crippen LogP contribution < -0.4 is 14.6 Å². The largest absolute Gasteiger partial charge is 0.490 e. The van der Waals surface area contributed by atoms with Crippen molar-refractivity contribution in [2.45, 2.75) is 35.7 Å². The van der Waals surface area contributed by atoms with Crippen LogP contribution in [0.5, 0.6) is 11.5 Å². The molecule has 2 aromatic heterocycles. The molecule has 0 saturated heterocycles. The van der Waals surface area contributed by atoms with Gasteiger partial charge < -0.3 is 14.6 Å². The van der Waals surface area contributed by atoms with Crippen LogP contribution in [0.2, 0.25) is 5.02 Å². The highest BCUT2D eigenvalue weighted by Crippen LogP contribution is 2.50. The van der Waals surface area contributed by atoms with Crippen LogP contribution in [0.15, 0.2) is 90.0 Å². The minimum atomic E-state index is -5.97. The number of aliphatic hydroxyl groups is 1. The van der Waals surface area contributed by atoms with Crippen LogP contribution in [0.3, 0.4) is 0 Å². The fourth-order valence-electron chi connectivity index (χ4n) is 4.74. The number of thiophene rings is 1. The minimum Gasteiger partial charge on any atom is -0.490 e. The molecule has 14 heteroatoms. The summed E-state index contributed by atoms with van der Waals surface area (Å²) in [6, 6.07) is 21.0. The smallest absolute Gasteiger partial charge is 0.430 e. The molecule has 3 aromatic carbocycles. The normalized spacial score (nSPS) is 13.6. The second-order valence-corrected chi connectivity index (χ2v) is 12.4. The third kappa shape index (κ3) is 7.08. The molecule has 5 aromatic rings. The zero-order valence-corrected chi connectivity index (χ0v) is 26.1. The molecule has 3 heterocycles. The average Bonchev–Trinajstić information content (AvgIpc) is 3.29. The summed E-state index contributed by atoms with van der Waals surface area (Å²) >= 11 is 8.77. The zero-order valence-electron chi connectivity index (χ0n) is 23.7. The van der Waals surface area contributed by atoms with E-state index >= 15 is 0 Å². The van der Waals surface area contributed by atoms with Crippen molar-refractivity contribution in [3.63, 3.8) is 0 Å². The van der Waals surface area contributed by atoms with Crippen molar-refractivity contribution in [3.8, 4) is 22.8 Å². The molecule has 3 N–H and O–H groups in total. The molecule has 0 aliphatic carbocycles. The van der Waals surface area contributed by atoms with Gasteiger partial charge in [0, 0.05) is 49.7 Å². The number of nitrogens with two attached hydrogens (primary N) is 1. The molecular weight excluding hydrogens is 674 g/mol. The summed E-state index contributed by atoms with van der Waals surface area (Å²) in [7, 11) is 0. The number of ether oxygens (including phenoxy) is 2. The van der Waals surface area contributed by atoms with Crippen molar-refractivity contribution in [1.82, 2.24) is 4.98 Å². The Balaban J connectivity index is 0.000000266. The number of pyridine rings is 1. The first kappa shape index (κ1) is 33.9. The Kier molecular flexibility index (Phi) is 10.1. The number of benzene rings is 3. The summed E-state index contributed by atoms with van der Waals surface area (Å²) in [5.41, 5.74) is -5.24. The van der Waals surface area contributed by atoms with Crippen LogP contribution >= 0.6 is 34.9 Å². The molecule has 0 radical (unpaired) electrons. The lowest BCUT2D eigenvalue weighted by molar-refractivity contribution is -0.376. The van der Waals surface area contributed by atoms with E-state index in [0.29, 0.717) is 40.4 Å². The molecule has 5 nitrogen and oxygen atoms in total. The van der Waals surface area contributed by atoms with E-state index in [-0.39, 0.29) is 5.69 Å². The number of fused-ring (bicyclic) bond motifs is 2. The van der Waals surface area contributed by atoms with Gasteiger partial charge in [-0.25, -0.2) is 0 Å². The Morgan fingerprint density at radius 3 is 2.28 bits per heavy atom. The van der Waals surface area contributed by atoms with Crippen LogP contribution in [-0.4, -0.2) is 35.7 Å². The number of hydrogen-bond donors (Lipinski definition) is 2. The molecular formula is C32H25ClF6N2O3S2. The maximum absolute atomic E-state index is 13.3. The van der Waals surface area contributed by atoms with E-state index in [2.05, 4.69) is 4.98 Å². The van der Waals surface area contributed by atoms with Crippen molar-refractivity contribution in [3.05, 3.63) is 106 Å². The van der Waals surface area contributed by atoms with Crippen molar-refractivity contribution in [2.24, 2.45) is 5.14 Å². The van der Waals surface area contributed by atoms with E-state index in [1.54, 1.807) is 30.3 Å². The summed E-state index contributed by atoms with van der Waals surface area (Å²) in [6.45, 7) is 1.44. The molecule has 242 valence electrons. The summed E-state index contributed by atoms with van der Waals surface area (Å²) in [6.07, 6.45) is -9.68. The van der Waals surface area contributed by atoms with Gasteiger partial charge in [-0.3, -0.25) is 10.1 Å². The lowest BCUT2D eigenvalue weighted by Gasteiger charge is -2.32. The SMILES string of the molecule is NSc1ccc2c(c1)OCCCO2.OC(c1ccnc(-c2cccc3cc(Cc4ccccc4Cl)sc23)c1)(C(F)(F)F)C(F)(F)F. The van der Waals surface area contributed by atoms with Crippen molar-refractivity contribution < 1.29 is 40.9 Å². The molecule has 46 heavy (non-hydrogen) atoms. The number of hydrogen-bond acceptors (Lipinski definition) is 7. The van der Waals surface area contributed by atoms with Gasteiger partial charge in [0.1, 0.15) is 0 Å². The van der Waals surface area contributed by atoms with Gasteiger partial charge in [-0.2, -0.15) is 26.3 Å². The summed E-state index contributed by atoms with van der Waals surface area (Å²) in [5, 5.41) is 16.5. The van der Waals surface area contributed by atoms with E-state index in [1.165, 1.54) is 23.3 Å². The van der Waals surface area contributed by atoms with Gasteiger partial charge in [-0.05, 0) is 65.4 Å². The first-order chi connectivity index (χ1) is 21.8. The number of halogens is 7. The third-order valence-electron chi connectivity index (χ3n) is 7.05. The molecule has 1 aliphatic rings. The molecule has 0 unspecified atom stereocenters. The number of aromatic nitrogens is 1. The second kappa shape index (κ2) is 13.7. The Labute approximate surface area is 273 Å².